The molecule has 0 N–H and O–H groups in total. The molecule has 0 bridgehead atoms. The molecule has 1 aromatic carbocycles. The quantitative estimate of drug-likeness (QED) is 0.820. The van der Waals surface area contributed by atoms with E-state index in [0.29, 0.717) is 23.9 Å². The van der Waals surface area contributed by atoms with Gasteiger partial charge in [0.1, 0.15) is 11.9 Å². The van der Waals surface area contributed by atoms with E-state index in [4.69, 9.17) is 4.74 Å². The minimum Gasteiger partial charge on any atom is -0.487 e. The number of benzene rings is 1. The number of carbonyl (C=O) groups excluding carboxylic acids is 1. The first-order valence-corrected chi connectivity index (χ1v) is 9.73. The van der Waals surface area contributed by atoms with E-state index >= 15 is 0 Å². The number of rotatable bonds is 5. The molecular weight excluding hydrogens is 312 g/mol. The number of nitrogens with zero attached hydrogens (tertiary/aromatic N) is 2. The van der Waals surface area contributed by atoms with Gasteiger partial charge in [0.2, 0.25) is 5.91 Å². The van der Waals surface area contributed by atoms with Gasteiger partial charge in [0, 0.05) is 31.6 Å². The third-order valence-electron chi connectivity index (χ3n) is 5.68. The average Bonchev–Trinajstić information content (AvgIpc) is 2.58. The lowest BCUT2D eigenvalue weighted by atomic mass is 9.79. The molecule has 0 spiro atoms. The van der Waals surface area contributed by atoms with Crippen molar-refractivity contribution in [2.75, 3.05) is 19.6 Å². The molecule has 0 aliphatic carbocycles. The highest BCUT2D eigenvalue weighted by Gasteiger charge is 2.47. The fourth-order valence-electron chi connectivity index (χ4n) is 4.25. The van der Waals surface area contributed by atoms with Crippen molar-refractivity contribution in [3.63, 3.8) is 0 Å². The van der Waals surface area contributed by atoms with Crippen molar-refractivity contribution in [3.05, 3.63) is 30.3 Å². The molecule has 0 radical (unpaired) electrons. The van der Waals surface area contributed by atoms with Crippen LogP contribution in [0.4, 0.5) is 0 Å². The van der Waals surface area contributed by atoms with Crippen LogP contribution in [0.25, 0.3) is 0 Å². The second-order valence-electron chi connectivity index (χ2n) is 8.07. The summed E-state index contributed by atoms with van der Waals surface area (Å²) in [4.78, 5) is 16.8. The van der Waals surface area contributed by atoms with Gasteiger partial charge in [-0.1, -0.05) is 32.0 Å². The van der Waals surface area contributed by atoms with Gasteiger partial charge in [0.15, 0.2) is 0 Å². The number of piperidine rings is 1. The van der Waals surface area contributed by atoms with Crippen molar-refractivity contribution in [3.8, 4) is 5.75 Å². The number of hydrogen-bond acceptors (Lipinski definition) is 3. The zero-order valence-electron chi connectivity index (χ0n) is 16.0. The Balaban J connectivity index is 1.62. The van der Waals surface area contributed by atoms with E-state index in [2.05, 4.69) is 18.7 Å². The molecule has 2 aliphatic rings. The average molecular weight is 344 g/mol. The molecule has 2 aliphatic heterocycles. The molecular formula is C21H32N2O2. The summed E-state index contributed by atoms with van der Waals surface area (Å²) < 4.78 is 6.29. The van der Waals surface area contributed by atoms with Crippen LogP contribution in [-0.4, -0.2) is 53.5 Å². The van der Waals surface area contributed by atoms with Crippen molar-refractivity contribution in [2.45, 2.75) is 58.7 Å². The zero-order chi connectivity index (χ0) is 18.0. The Morgan fingerprint density at radius 1 is 1.08 bits per heavy atom. The minimum absolute atomic E-state index is 0.0987. The fraction of sp³-hybridized carbons (Fsp3) is 0.667. The minimum atomic E-state index is 0.0987. The van der Waals surface area contributed by atoms with E-state index in [0.717, 1.165) is 38.2 Å². The maximum atomic E-state index is 12.2. The Morgan fingerprint density at radius 2 is 1.72 bits per heavy atom. The predicted octanol–water partition coefficient (Wildman–Crippen LogP) is 3.42. The summed E-state index contributed by atoms with van der Waals surface area (Å²) in [6, 6.07) is 11.2. The van der Waals surface area contributed by atoms with Gasteiger partial charge in [-0.05, 0) is 44.7 Å². The number of hydrogen-bond donors (Lipinski definition) is 0. The molecule has 2 saturated heterocycles. The van der Waals surface area contributed by atoms with Crippen LogP contribution in [0.15, 0.2) is 30.3 Å². The van der Waals surface area contributed by atoms with Crippen molar-refractivity contribution >= 4 is 5.91 Å². The van der Waals surface area contributed by atoms with E-state index in [-0.39, 0.29) is 12.0 Å². The van der Waals surface area contributed by atoms with Gasteiger partial charge in [-0.15, -0.1) is 0 Å². The standard InChI is InChI=1S/C21H32N2O2/c1-15(2)21(24)22-12-10-17(11-13-22)20-19(14-23(20)16(3)4)25-18-8-6-5-7-9-18/h5-9,15-17,19-20H,10-14H2,1-4H3. The molecule has 1 amide bonds. The third kappa shape index (κ3) is 4.00. The van der Waals surface area contributed by atoms with Crippen LogP contribution in [0.2, 0.25) is 0 Å². The largest absolute Gasteiger partial charge is 0.487 e. The van der Waals surface area contributed by atoms with E-state index < -0.39 is 0 Å². The summed E-state index contributed by atoms with van der Waals surface area (Å²) in [5.41, 5.74) is 0. The van der Waals surface area contributed by atoms with Gasteiger partial charge in [0.05, 0.1) is 6.04 Å². The van der Waals surface area contributed by atoms with Crippen molar-refractivity contribution in [1.82, 2.24) is 9.80 Å². The van der Waals surface area contributed by atoms with Crippen LogP contribution < -0.4 is 4.74 Å². The Hall–Kier alpha value is -1.55. The Labute approximate surface area is 152 Å². The third-order valence-corrected chi connectivity index (χ3v) is 5.68. The van der Waals surface area contributed by atoms with Gasteiger partial charge >= 0.3 is 0 Å². The number of amides is 1. The summed E-state index contributed by atoms with van der Waals surface area (Å²) in [6.07, 6.45) is 2.43. The van der Waals surface area contributed by atoms with Gasteiger partial charge in [-0.3, -0.25) is 9.69 Å². The Bertz CT molecular complexity index is 565. The van der Waals surface area contributed by atoms with Crippen LogP contribution in [-0.2, 0) is 4.79 Å². The predicted molar refractivity (Wildman–Crippen MR) is 101 cm³/mol. The van der Waals surface area contributed by atoms with E-state index in [9.17, 15) is 4.79 Å². The first-order chi connectivity index (χ1) is 12.0. The second kappa shape index (κ2) is 7.77. The fourth-order valence-corrected chi connectivity index (χ4v) is 4.25. The highest BCUT2D eigenvalue weighted by atomic mass is 16.5. The number of ether oxygens (including phenoxy) is 1. The van der Waals surface area contributed by atoms with E-state index in [1.807, 2.05) is 49.1 Å². The maximum absolute atomic E-state index is 12.2. The summed E-state index contributed by atoms with van der Waals surface area (Å²) in [6.45, 7) is 11.3. The van der Waals surface area contributed by atoms with Crippen LogP contribution in [0, 0.1) is 11.8 Å². The van der Waals surface area contributed by atoms with Crippen LogP contribution >= 0.6 is 0 Å². The molecule has 2 heterocycles. The molecule has 4 nitrogen and oxygen atoms in total. The number of likely N-dealkylation sites (tertiary alicyclic amines) is 2. The van der Waals surface area contributed by atoms with Crippen LogP contribution in [0.1, 0.15) is 40.5 Å². The van der Waals surface area contributed by atoms with E-state index in [1.54, 1.807) is 0 Å². The lowest BCUT2D eigenvalue weighted by Gasteiger charge is -2.54. The zero-order valence-corrected chi connectivity index (χ0v) is 16.0. The monoisotopic (exact) mass is 344 g/mol. The van der Waals surface area contributed by atoms with Gasteiger partial charge in [-0.25, -0.2) is 0 Å². The molecule has 138 valence electrons. The van der Waals surface area contributed by atoms with Crippen molar-refractivity contribution < 1.29 is 9.53 Å². The number of para-hydroxylation sites is 1. The van der Waals surface area contributed by atoms with E-state index in [1.165, 1.54) is 0 Å². The lowest BCUT2D eigenvalue weighted by molar-refractivity contribution is -0.138. The molecule has 2 unspecified atom stereocenters. The van der Waals surface area contributed by atoms with Gasteiger partial charge in [-0.2, -0.15) is 0 Å². The topological polar surface area (TPSA) is 32.8 Å². The molecule has 1 aromatic rings. The Morgan fingerprint density at radius 3 is 2.28 bits per heavy atom. The smallest absolute Gasteiger partial charge is 0.225 e. The molecule has 0 saturated carbocycles. The molecule has 4 heteroatoms. The maximum Gasteiger partial charge on any atom is 0.225 e. The van der Waals surface area contributed by atoms with Gasteiger partial charge in [0.25, 0.3) is 0 Å². The lowest BCUT2D eigenvalue weighted by Crippen LogP contribution is -2.68. The van der Waals surface area contributed by atoms with Crippen molar-refractivity contribution in [1.29, 1.82) is 0 Å². The van der Waals surface area contributed by atoms with Gasteiger partial charge < -0.3 is 9.64 Å². The van der Waals surface area contributed by atoms with Crippen LogP contribution in [0.3, 0.4) is 0 Å². The first kappa shape index (κ1) is 18.2. The van der Waals surface area contributed by atoms with Crippen molar-refractivity contribution in [2.24, 2.45) is 11.8 Å². The molecule has 2 fully saturated rings. The normalized spacial score (nSPS) is 25.3. The highest BCUT2D eigenvalue weighted by Crippen LogP contribution is 2.36. The summed E-state index contributed by atoms with van der Waals surface area (Å²) in [5.74, 6) is 1.97. The molecule has 0 aromatic heterocycles. The highest BCUT2D eigenvalue weighted by molar-refractivity contribution is 5.78. The van der Waals surface area contributed by atoms with Crippen LogP contribution in [0.5, 0.6) is 5.75 Å². The molecule has 2 atom stereocenters. The Kier molecular flexibility index (Phi) is 5.67. The molecule has 3 rings (SSSR count). The second-order valence-corrected chi connectivity index (χ2v) is 8.07. The molecule has 25 heavy (non-hydrogen) atoms. The summed E-state index contributed by atoms with van der Waals surface area (Å²) in [5, 5.41) is 0. The first-order valence-electron chi connectivity index (χ1n) is 9.73. The SMILES string of the molecule is CC(C)C(=O)N1CCC(C2C(Oc3ccccc3)CN2C(C)C)CC1. The number of carbonyl (C=O) groups is 1. The summed E-state index contributed by atoms with van der Waals surface area (Å²) >= 11 is 0. The summed E-state index contributed by atoms with van der Waals surface area (Å²) in [7, 11) is 0.